The monoisotopic (exact) mass is 246 g/mol. The van der Waals surface area contributed by atoms with Crippen molar-refractivity contribution in [3.63, 3.8) is 0 Å². The minimum absolute atomic E-state index is 0.542. The van der Waals surface area contributed by atoms with Crippen LogP contribution in [0.3, 0.4) is 0 Å². The van der Waals surface area contributed by atoms with Crippen molar-refractivity contribution >= 4 is 33.9 Å². The second-order valence-corrected chi connectivity index (χ2v) is 3.82. The van der Waals surface area contributed by atoms with Gasteiger partial charge in [-0.25, -0.2) is 4.79 Å². The number of primary amides is 1. The van der Waals surface area contributed by atoms with Gasteiger partial charge in [0.05, 0.1) is 0 Å². The fraction of sp³-hybridized carbons (Fsp3) is 0. The summed E-state index contributed by atoms with van der Waals surface area (Å²) in [5, 5.41) is 0. The van der Waals surface area contributed by atoms with Crippen LogP contribution in [0, 0.1) is 0 Å². The standard InChI is InChI=1S/C7H7BrN2OS/c8-5-2-1-3-6(4-5)12-10-7(9)11/h1-4H,(H3,9,10,11). The van der Waals surface area contributed by atoms with Crippen LogP contribution in [0.25, 0.3) is 0 Å². The summed E-state index contributed by atoms with van der Waals surface area (Å²) < 4.78 is 3.39. The molecular weight excluding hydrogens is 240 g/mol. The summed E-state index contributed by atoms with van der Waals surface area (Å²) in [5.74, 6) is 0. The third-order valence-corrected chi connectivity index (χ3v) is 2.35. The molecule has 0 unspecified atom stereocenters. The Bertz CT molecular complexity index is 292. The van der Waals surface area contributed by atoms with E-state index in [1.54, 1.807) is 0 Å². The summed E-state index contributed by atoms with van der Waals surface area (Å²) in [4.78, 5) is 11.3. The predicted octanol–water partition coefficient (Wildman–Crippen LogP) is 2.12. The molecule has 0 bridgehead atoms. The molecule has 2 amide bonds. The molecule has 0 saturated carbocycles. The maximum absolute atomic E-state index is 10.3. The molecule has 3 nitrogen and oxygen atoms in total. The molecule has 0 saturated heterocycles. The van der Waals surface area contributed by atoms with Gasteiger partial charge in [0.2, 0.25) is 0 Å². The fourth-order valence-electron chi connectivity index (χ4n) is 0.640. The zero-order valence-corrected chi connectivity index (χ0v) is 8.48. The smallest absolute Gasteiger partial charge is 0.322 e. The maximum Gasteiger partial charge on any atom is 0.322 e. The Hall–Kier alpha value is -0.680. The van der Waals surface area contributed by atoms with Crippen LogP contribution in [0.2, 0.25) is 0 Å². The topological polar surface area (TPSA) is 55.1 Å². The zero-order chi connectivity index (χ0) is 8.97. The Labute approximate surface area is 83.0 Å². The Morgan fingerprint density at radius 1 is 1.58 bits per heavy atom. The molecule has 0 heterocycles. The molecule has 1 aromatic rings. The summed E-state index contributed by atoms with van der Waals surface area (Å²) in [6.07, 6.45) is 0. The van der Waals surface area contributed by atoms with Gasteiger partial charge in [0.1, 0.15) is 0 Å². The van der Waals surface area contributed by atoms with E-state index in [-0.39, 0.29) is 0 Å². The van der Waals surface area contributed by atoms with Gasteiger partial charge in [0.25, 0.3) is 0 Å². The van der Waals surface area contributed by atoms with E-state index >= 15 is 0 Å². The molecule has 3 N–H and O–H groups in total. The van der Waals surface area contributed by atoms with E-state index in [1.807, 2.05) is 24.3 Å². The summed E-state index contributed by atoms with van der Waals surface area (Å²) in [6, 6.07) is 7.02. The minimum atomic E-state index is -0.542. The number of hydrogen-bond donors (Lipinski definition) is 2. The van der Waals surface area contributed by atoms with Crippen molar-refractivity contribution < 1.29 is 4.79 Å². The molecule has 0 aromatic heterocycles. The van der Waals surface area contributed by atoms with Gasteiger partial charge in [-0.05, 0) is 30.1 Å². The molecular formula is C7H7BrN2OS. The Morgan fingerprint density at radius 3 is 2.92 bits per heavy atom. The molecule has 5 heteroatoms. The maximum atomic E-state index is 10.3. The number of nitrogens with one attached hydrogen (secondary N) is 1. The molecule has 1 rings (SSSR count). The van der Waals surface area contributed by atoms with E-state index in [1.165, 1.54) is 11.9 Å². The van der Waals surface area contributed by atoms with Gasteiger partial charge in [0.15, 0.2) is 0 Å². The predicted molar refractivity (Wildman–Crippen MR) is 52.7 cm³/mol. The van der Waals surface area contributed by atoms with E-state index in [2.05, 4.69) is 20.7 Å². The first-order valence-corrected chi connectivity index (χ1v) is 4.77. The quantitative estimate of drug-likeness (QED) is 0.786. The molecule has 0 radical (unpaired) electrons. The van der Waals surface area contributed by atoms with Gasteiger partial charge in [0, 0.05) is 9.37 Å². The fourth-order valence-corrected chi connectivity index (χ4v) is 1.74. The second-order valence-electron chi connectivity index (χ2n) is 2.03. The van der Waals surface area contributed by atoms with Crippen LogP contribution >= 0.6 is 27.9 Å². The number of rotatable bonds is 2. The van der Waals surface area contributed by atoms with Crippen molar-refractivity contribution in [1.82, 2.24) is 4.72 Å². The zero-order valence-electron chi connectivity index (χ0n) is 6.08. The molecule has 12 heavy (non-hydrogen) atoms. The van der Waals surface area contributed by atoms with Gasteiger partial charge in [-0.3, -0.25) is 4.72 Å². The first-order valence-electron chi connectivity index (χ1n) is 3.16. The van der Waals surface area contributed by atoms with E-state index in [4.69, 9.17) is 5.73 Å². The van der Waals surface area contributed by atoms with Crippen molar-refractivity contribution in [2.24, 2.45) is 5.73 Å². The van der Waals surface area contributed by atoms with Gasteiger partial charge < -0.3 is 5.73 Å². The molecule has 0 atom stereocenters. The molecule has 0 fully saturated rings. The number of amides is 2. The normalized spacial score (nSPS) is 9.42. The van der Waals surface area contributed by atoms with Crippen LogP contribution < -0.4 is 10.5 Å². The lowest BCUT2D eigenvalue weighted by Crippen LogP contribution is -2.22. The Kier molecular flexibility index (Phi) is 3.43. The number of carbonyl (C=O) groups is 1. The number of urea groups is 1. The molecule has 0 aliphatic rings. The van der Waals surface area contributed by atoms with Crippen LogP contribution in [0.5, 0.6) is 0 Å². The average molecular weight is 247 g/mol. The van der Waals surface area contributed by atoms with Gasteiger partial charge in [-0.1, -0.05) is 22.0 Å². The highest BCUT2D eigenvalue weighted by Crippen LogP contribution is 2.18. The van der Waals surface area contributed by atoms with Crippen LogP contribution in [-0.4, -0.2) is 6.03 Å². The molecule has 0 spiro atoms. The summed E-state index contributed by atoms with van der Waals surface area (Å²) >= 11 is 4.50. The molecule has 64 valence electrons. The molecule has 1 aromatic carbocycles. The number of hydrogen-bond acceptors (Lipinski definition) is 2. The highest BCUT2D eigenvalue weighted by atomic mass is 79.9. The first kappa shape index (κ1) is 9.41. The van der Waals surface area contributed by atoms with Gasteiger partial charge >= 0.3 is 6.03 Å². The van der Waals surface area contributed by atoms with Crippen molar-refractivity contribution in [3.8, 4) is 0 Å². The van der Waals surface area contributed by atoms with Crippen LogP contribution in [0.15, 0.2) is 33.6 Å². The third-order valence-electron chi connectivity index (χ3n) is 1.07. The van der Waals surface area contributed by atoms with Crippen molar-refractivity contribution in [3.05, 3.63) is 28.7 Å². The lowest BCUT2D eigenvalue weighted by Gasteiger charge is -2.00. The first-order chi connectivity index (χ1) is 5.68. The van der Waals surface area contributed by atoms with Crippen LogP contribution in [0.4, 0.5) is 4.79 Å². The minimum Gasteiger partial charge on any atom is -0.351 e. The summed E-state index contributed by atoms with van der Waals surface area (Å²) in [7, 11) is 0. The van der Waals surface area contributed by atoms with Crippen molar-refractivity contribution in [2.45, 2.75) is 4.90 Å². The summed E-state index contributed by atoms with van der Waals surface area (Å²) in [6.45, 7) is 0. The average Bonchev–Trinajstić information content (AvgIpc) is 2.01. The largest absolute Gasteiger partial charge is 0.351 e. The van der Waals surface area contributed by atoms with Gasteiger partial charge in [-0.2, -0.15) is 0 Å². The van der Waals surface area contributed by atoms with E-state index in [0.29, 0.717) is 0 Å². The number of carbonyl (C=O) groups excluding carboxylic acids is 1. The van der Waals surface area contributed by atoms with E-state index < -0.39 is 6.03 Å². The van der Waals surface area contributed by atoms with E-state index in [0.717, 1.165) is 9.37 Å². The molecule has 0 aliphatic heterocycles. The lowest BCUT2D eigenvalue weighted by molar-refractivity contribution is 0.254. The molecule has 0 aliphatic carbocycles. The lowest BCUT2D eigenvalue weighted by atomic mass is 10.4. The van der Waals surface area contributed by atoms with Gasteiger partial charge in [-0.15, -0.1) is 0 Å². The Balaban J connectivity index is 2.57. The highest BCUT2D eigenvalue weighted by Gasteiger charge is 1.95. The SMILES string of the molecule is NC(=O)NSc1cccc(Br)c1. The van der Waals surface area contributed by atoms with Crippen molar-refractivity contribution in [2.75, 3.05) is 0 Å². The number of benzene rings is 1. The number of nitrogens with two attached hydrogens (primary N) is 1. The summed E-state index contributed by atoms with van der Waals surface area (Å²) in [5.41, 5.74) is 4.90. The second kappa shape index (κ2) is 4.37. The van der Waals surface area contributed by atoms with E-state index in [9.17, 15) is 4.79 Å². The van der Waals surface area contributed by atoms with Crippen LogP contribution in [0.1, 0.15) is 0 Å². The Morgan fingerprint density at radius 2 is 2.33 bits per heavy atom. The highest BCUT2D eigenvalue weighted by molar-refractivity contribution is 9.10. The van der Waals surface area contributed by atoms with Crippen molar-refractivity contribution in [1.29, 1.82) is 0 Å². The third kappa shape index (κ3) is 3.15. The number of halogens is 1. The van der Waals surface area contributed by atoms with Crippen LogP contribution in [-0.2, 0) is 0 Å².